The molecule has 0 aliphatic heterocycles. The zero-order chi connectivity index (χ0) is 12.6. The third kappa shape index (κ3) is 3.35. The molecule has 0 aliphatic carbocycles. The molecule has 0 aromatic carbocycles. The van der Waals surface area contributed by atoms with Gasteiger partial charge in [-0.15, -0.1) is 0 Å². The van der Waals surface area contributed by atoms with Gasteiger partial charge >= 0.3 is 0 Å². The van der Waals surface area contributed by atoms with Gasteiger partial charge in [-0.3, -0.25) is 0 Å². The van der Waals surface area contributed by atoms with Gasteiger partial charge in [-0.25, -0.2) is 9.50 Å². The van der Waals surface area contributed by atoms with E-state index in [1.165, 1.54) is 0 Å². The van der Waals surface area contributed by atoms with Crippen molar-refractivity contribution in [1.82, 2.24) is 14.6 Å². The maximum absolute atomic E-state index is 8.55. The lowest BCUT2D eigenvalue weighted by Crippen LogP contribution is -1.91. The van der Waals surface area contributed by atoms with Gasteiger partial charge in [-0.05, 0) is 19.1 Å². The van der Waals surface area contributed by atoms with Crippen LogP contribution in [-0.2, 0) is 0 Å². The van der Waals surface area contributed by atoms with Crippen LogP contribution in [0.15, 0.2) is 18.3 Å². The maximum Gasteiger partial charge on any atom is 0.161 e. The Morgan fingerprint density at radius 2 is 1.81 bits per heavy atom. The summed E-state index contributed by atoms with van der Waals surface area (Å²) < 4.78 is 1.61. The van der Waals surface area contributed by atoms with Crippen LogP contribution in [0.1, 0.15) is 39.1 Å². The van der Waals surface area contributed by atoms with E-state index in [2.05, 4.69) is 10.1 Å². The van der Waals surface area contributed by atoms with Crippen LogP contribution in [0.25, 0.3) is 5.65 Å². The molecule has 86 valence electrons. The second kappa shape index (κ2) is 7.41. The molecule has 2 heterocycles. The van der Waals surface area contributed by atoms with Gasteiger partial charge in [-0.2, -0.15) is 10.4 Å². The molecular weight excluding hydrogens is 200 g/mol. The van der Waals surface area contributed by atoms with Crippen molar-refractivity contribution >= 4 is 5.65 Å². The number of aromatic nitrogens is 3. The number of aryl methyl sites for hydroxylation is 1. The molecule has 0 amide bonds. The van der Waals surface area contributed by atoms with Crippen molar-refractivity contribution in [3.63, 3.8) is 0 Å². The summed E-state index contributed by atoms with van der Waals surface area (Å²) in [6, 6.07) is 5.66. The highest BCUT2D eigenvalue weighted by Gasteiger charge is 1.99. The van der Waals surface area contributed by atoms with Gasteiger partial charge in [0, 0.05) is 0 Å². The molecule has 0 radical (unpaired) electrons. The Kier molecular flexibility index (Phi) is 6.53. The SMILES string of the molecule is CC.CC.Cc1ccc2nc(C#N)cn2n1. The number of rotatable bonds is 0. The van der Waals surface area contributed by atoms with E-state index < -0.39 is 0 Å². The lowest BCUT2D eigenvalue weighted by atomic mass is 10.4. The highest BCUT2D eigenvalue weighted by atomic mass is 15.2. The topological polar surface area (TPSA) is 54.0 Å². The van der Waals surface area contributed by atoms with Gasteiger partial charge in [0.1, 0.15) is 6.07 Å². The summed E-state index contributed by atoms with van der Waals surface area (Å²) in [5.74, 6) is 0. The maximum atomic E-state index is 8.55. The molecule has 0 N–H and O–H groups in total. The molecule has 0 saturated heterocycles. The van der Waals surface area contributed by atoms with Crippen LogP contribution >= 0.6 is 0 Å². The lowest BCUT2D eigenvalue weighted by Gasteiger charge is -1.91. The largest absolute Gasteiger partial charge is 0.220 e. The standard InChI is InChI=1S/C8H6N4.2C2H6/c1-6-2-3-8-10-7(4-9)5-12(8)11-6;2*1-2/h2-3,5H,1H3;2*1-2H3. The van der Waals surface area contributed by atoms with Crippen LogP contribution < -0.4 is 0 Å². The molecule has 2 aromatic heterocycles. The average Bonchev–Trinajstić information content (AvgIpc) is 2.76. The van der Waals surface area contributed by atoms with Gasteiger partial charge in [0.25, 0.3) is 0 Å². The normalized spacial score (nSPS) is 8.25. The fraction of sp³-hybridized carbons (Fsp3) is 0.417. The van der Waals surface area contributed by atoms with E-state index in [0.29, 0.717) is 11.3 Å². The first-order chi connectivity index (χ1) is 7.79. The van der Waals surface area contributed by atoms with Crippen molar-refractivity contribution in [2.45, 2.75) is 34.6 Å². The molecule has 4 heteroatoms. The first-order valence-corrected chi connectivity index (χ1v) is 5.53. The second-order valence-corrected chi connectivity index (χ2v) is 2.52. The predicted molar refractivity (Wildman–Crippen MR) is 65.1 cm³/mol. The minimum Gasteiger partial charge on any atom is -0.220 e. The molecule has 0 bridgehead atoms. The number of imidazole rings is 1. The van der Waals surface area contributed by atoms with E-state index in [1.54, 1.807) is 10.7 Å². The van der Waals surface area contributed by atoms with Gasteiger partial charge < -0.3 is 0 Å². The summed E-state index contributed by atoms with van der Waals surface area (Å²) in [5.41, 5.74) is 2.01. The van der Waals surface area contributed by atoms with E-state index in [1.807, 2.05) is 52.8 Å². The van der Waals surface area contributed by atoms with Crippen LogP contribution in [-0.4, -0.2) is 14.6 Å². The minimum absolute atomic E-state index is 0.396. The Balaban J connectivity index is 0.000000509. The number of nitriles is 1. The Morgan fingerprint density at radius 1 is 1.19 bits per heavy atom. The van der Waals surface area contributed by atoms with Crippen molar-refractivity contribution in [3.8, 4) is 6.07 Å². The van der Waals surface area contributed by atoms with E-state index in [9.17, 15) is 0 Å². The van der Waals surface area contributed by atoms with Crippen LogP contribution in [0.4, 0.5) is 0 Å². The summed E-state index contributed by atoms with van der Waals surface area (Å²) in [5, 5.41) is 12.7. The van der Waals surface area contributed by atoms with Crippen molar-refractivity contribution < 1.29 is 0 Å². The lowest BCUT2D eigenvalue weighted by molar-refractivity contribution is 0.900. The highest BCUT2D eigenvalue weighted by Crippen LogP contribution is 2.02. The predicted octanol–water partition coefficient (Wildman–Crippen LogP) is 2.96. The number of hydrogen-bond donors (Lipinski definition) is 0. The molecule has 0 fully saturated rings. The third-order valence-electron chi connectivity index (χ3n) is 1.57. The first-order valence-electron chi connectivity index (χ1n) is 5.53. The van der Waals surface area contributed by atoms with Crippen molar-refractivity contribution in [1.29, 1.82) is 5.26 Å². The molecule has 0 aliphatic rings. The Bertz CT molecular complexity index is 465. The zero-order valence-electron chi connectivity index (χ0n) is 10.5. The zero-order valence-corrected chi connectivity index (χ0v) is 10.5. The summed E-state index contributed by atoms with van der Waals surface area (Å²) in [6.45, 7) is 9.89. The van der Waals surface area contributed by atoms with Gasteiger partial charge in [0.15, 0.2) is 11.3 Å². The van der Waals surface area contributed by atoms with Crippen LogP contribution in [0, 0.1) is 18.3 Å². The van der Waals surface area contributed by atoms with E-state index >= 15 is 0 Å². The van der Waals surface area contributed by atoms with E-state index in [4.69, 9.17) is 5.26 Å². The van der Waals surface area contributed by atoms with Crippen molar-refractivity contribution in [2.24, 2.45) is 0 Å². The van der Waals surface area contributed by atoms with Crippen molar-refractivity contribution in [3.05, 3.63) is 29.7 Å². The molecule has 0 unspecified atom stereocenters. The smallest absolute Gasteiger partial charge is 0.161 e. The fourth-order valence-electron chi connectivity index (χ4n) is 1.03. The van der Waals surface area contributed by atoms with Gasteiger partial charge in [0.05, 0.1) is 11.9 Å². The fourth-order valence-corrected chi connectivity index (χ4v) is 1.03. The highest BCUT2D eigenvalue weighted by molar-refractivity contribution is 5.41. The molecule has 16 heavy (non-hydrogen) atoms. The van der Waals surface area contributed by atoms with Crippen LogP contribution in [0.5, 0.6) is 0 Å². The molecule has 0 saturated carbocycles. The van der Waals surface area contributed by atoms with Crippen LogP contribution in [0.3, 0.4) is 0 Å². The summed E-state index contributed by atoms with van der Waals surface area (Å²) in [4.78, 5) is 4.01. The molecule has 4 nitrogen and oxygen atoms in total. The first kappa shape index (κ1) is 14.1. The summed E-state index contributed by atoms with van der Waals surface area (Å²) >= 11 is 0. The van der Waals surface area contributed by atoms with E-state index in [0.717, 1.165) is 5.69 Å². The molecule has 2 aromatic rings. The summed E-state index contributed by atoms with van der Waals surface area (Å²) in [7, 11) is 0. The van der Waals surface area contributed by atoms with Gasteiger partial charge in [-0.1, -0.05) is 27.7 Å². The average molecular weight is 218 g/mol. The monoisotopic (exact) mass is 218 g/mol. The van der Waals surface area contributed by atoms with Crippen LogP contribution in [0.2, 0.25) is 0 Å². The molecule has 0 spiro atoms. The second-order valence-electron chi connectivity index (χ2n) is 2.52. The summed E-state index contributed by atoms with van der Waals surface area (Å²) in [6.07, 6.45) is 1.61. The quantitative estimate of drug-likeness (QED) is 0.683. The molecular formula is C12H18N4. The number of hydrogen-bond acceptors (Lipinski definition) is 3. The van der Waals surface area contributed by atoms with Gasteiger partial charge in [0.2, 0.25) is 0 Å². The number of fused-ring (bicyclic) bond motifs is 1. The minimum atomic E-state index is 0.396. The van der Waals surface area contributed by atoms with E-state index in [-0.39, 0.29) is 0 Å². The number of nitrogens with zero attached hydrogens (tertiary/aromatic N) is 4. The Labute approximate surface area is 96.6 Å². The molecule has 0 atom stereocenters. The Hall–Kier alpha value is -1.89. The molecule has 2 rings (SSSR count). The Morgan fingerprint density at radius 3 is 2.38 bits per heavy atom. The third-order valence-corrected chi connectivity index (χ3v) is 1.57. The van der Waals surface area contributed by atoms with Crippen molar-refractivity contribution in [2.75, 3.05) is 0 Å².